The van der Waals surface area contributed by atoms with Gasteiger partial charge in [-0.3, -0.25) is 29.4 Å². The van der Waals surface area contributed by atoms with Crippen molar-refractivity contribution in [2.24, 2.45) is 23.7 Å². The number of fused-ring (bicyclic) bond motifs is 5. The van der Waals surface area contributed by atoms with Crippen LogP contribution >= 0.6 is 0 Å². The molecule has 0 N–H and O–H groups in total. The number of carbonyl (C=O) groups excluding carboxylic acids is 4. The predicted molar refractivity (Wildman–Crippen MR) is 97.5 cm³/mol. The molecule has 2 saturated carbocycles. The average molecular weight is 400 g/mol. The number of amides is 2. The van der Waals surface area contributed by atoms with Gasteiger partial charge in [-0.15, -0.1) is 0 Å². The molecule has 0 spiro atoms. The lowest BCUT2D eigenvalue weighted by molar-refractivity contribution is -0.384. The van der Waals surface area contributed by atoms with E-state index in [0.717, 1.165) is 30.2 Å². The summed E-state index contributed by atoms with van der Waals surface area (Å²) in [4.78, 5) is 61.3. The van der Waals surface area contributed by atoms with Crippen molar-refractivity contribution in [1.29, 1.82) is 0 Å². The number of imide groups is 1. The van der Waals surface area contributed by atoms with Crippen molar-refractivity contribution in [2.45, 2.75) is 32.2 Å². The number of esters is 1. The molecule has 3 aliphatic rings. The van der Waals surface area contributed by atoms with Crippen LogP contribution < -0.4 is 0 Å². The second-order valence-electron chi connectivity index (χ2n) is 7.95. The molecule has 0 radical (unpaired) electrons. The monoisotopic (exact) mass is 400 g/mol. The molecule has 1 aliphatic heterocycles. The predicted octanol–water partition coefficient (Wildman–Crippen LogP) is 1.74. The van der Waals surface area contributed by atoms with Gasteiger partial charge in [-0.1, -0.05) is 12.1 Å². The summed E-state index contributed by atoms with van der Waals surface area (Å²) in [7, 11) is 0. The Morgan fingerprint density at radius 1 is 1.21 bits per heavy atom. The topological polar surface area (TPSA) is 124 Å². The minimum absolute atomic E-state index is 0.0408. The number of rotatable bonds is 6. The van der Waals surface area contributed by atoms with Gasteiger partial charge in [0.05, 0.1) is 16.8 Å². The zero-order chi connectivity index (χ0) is 20.9. The Kier molecular flexibility index (Phi) is 4.68. The van der Waals surface area contributed by atoms with Crippen molar-refractivity contribution in [1.82, 2.24) is 4.90 Å². The number of Topliss-reactive ketones (excluding diaryl/α,β-unsaturated/α-hetero) is 1. The van der Waals surface area contributed by atoms with E-state index in [-0.39, 0.29) is 46.7 Å². The number of nitrogens with zero attached hydrogens (tertiary/aromatic N) is 2. The molecule has 0 aromatic heterocycles. The molecular weight excluding hydrogens is 380 g/mol. The second-order valence-corrected chi connectivity index (χ2v) is 7.95. The summed E-state index contributed by atoms with van der Waals surface area (Å²) < 4.78 is 5.02. The summed E-state index contributed by atoms with van der Waals surface area (Å²) in [5.74, 6) is -2.33. The molecule has 3 fully saturated rings. The second kappa shape index (κ2) is 7.06. The third-order valence-electron chi connectivity index (χ3n) is 6.41. The van der Waals surface area contributed by atoms with Crippen LogP contribution in [0.15, 0.2) is 24.3 Å². The molecule has 5 atom stereocenters. The van der Waals surface area contributed by atoms with E-state index in [0.29, 0.717) is 0 Å². The quantitative estimate of drug-likeness (QED) is 0.234. The number of hydrogen-bond acceptors (Lipinski definition) is 7. The minimum Gasteiger partial charge on any atom is -0.456 e. The molecule has 9 nitrogen and oxygen atoms in total. The maximum atomic E-state index is 12.8. The fourth-order valence-electron chi connectivity index (χ4n) is 5.05. The standard InChI is InChI=1S/C20H20N2O7/c1-10(21-18(24)16-12-5-6-13(7-12)17(16)19(21)25)20(26)29-9-15(23)11-3-2-4-14(8-11)22(27)28/h2-4,8,10,12-13,16-17H,5-7,9H2,1H3/t10-,12-,13+,16-,17+/m0/s1. The molecule has 2 amide bonds. The number of non-ortho nitro benzene ring substituents is 1. The van der Waals surface area contributed by atoms with Gasteiger partial charge in [0.15, 0.2) is 6.61 Å². The van der Waals surface area contributed by atoms with Gasteiger partial charge in [0, 0.05) is 17.7 Å². The summed E-state index contributed by atoms with van der Waals surface area (Å²) in [6.07, 6.45) is 2.78. The summed E-state index contributed by atoms with van der Waals surface area (Å²) in [6.45, 7) is 0.789. The van der Waals surface area contributed by atoms with Crippen LogP contribution in [0.2, 0.25) is 0 Å². The molecule has 152 valence electrons. The fraction of sp³-hybridized carbons (Fsp3) is 0.500. The highest BCUT2D eigenvalue weighted by Crippen LogP contribution is 2.56. The van der Waals surface area contributed by atoms with E-state index in [1.807, 2.05) is 0 Å². The Morgan fingerprint density at radius 2 is 1.83 bits per heavy atom. The van der Waals surface area contributed by atoms with E-state index in [1.165, 1.54) is 25.1 Å². The molecule has 4 rings (SSSR count). The minimum atomic E-state index is -1.11. The summed E-state index contributed by atoms with van der Waals surface area (Å²) in [6, 6.07) is 3.99. The molecule has 0 unspecified atom stereocenters. The third kappa shape index (κ3) is 3.10. The first-order valence-corrected chi connectivity index (χ1v) is 9.60. The van der Waals surface area contributed by atoms with Gasteiger partial charge in [0.1, 0.15) is 6.04 Å². The molecule has 1 heterocycles. The van der Waals surface area contributed by atoms with E-state index in [2.05, 4.69) is 0 Å². The number of benzene rings is 1. The van der Waals surface area contributed by atoms with Crippen molar-refractivity contribution in [3.63, 3.8) is 0 Å². The Bertz CT molecular complexity index is 899. The Balaban J connectivity index is 1.39. The van der Waals surface area contributed by atoms with Crippen LogP contribution in [0.25, 0.3) is 0 Å². The Labute approximate surface area is 166 Å². The van der Waals surface area contributed by atoms with E-state index in [1.54, 1.807) is 0 Å². The van der Waals surface area contributed by atoms with Gasteiger partial charge < -0.3 is 4.74 Å². The highest BCUT2D eigenvalue weighted by Gasteiger charge is 2.62. The summed E-state index contributed by atoms with van der Waals surface area (Å²) >= 11 is 0. The van der Waals surface area contributed by atoms with Crippen LogP contribution in [0.1, 0.15) is 36.5 Å². The smallest absolute Gasteiger partial charge is 0.329 e. The lowest BCUT2D eigenvalue weighted by Gasteiger charge is -2.22. The van der Waals surface area contributed by atoms with Crippen LogP contribution in [0.3, 0.4) is 0 Å². The summed E-state index contributed by atoms with van der Waals surface area (Å²) in [5, 5.41) is 10.8. The lowest BCUT2D eigenvalue weighted by Crippen LogP contribution is -2.45. The maximum Gasteiger partial charge on any atom is 0.329 e. The highest BCUT2D eigenvalue weighted by molar-refractivity contribution is 6.08. The molecule has 9 heteroatoms. The number of ether oxygens (including phenoxy) is 1. The van der Waals surface area contributed by atoms with Gasteiger partial charge in [0.25, 0.3) is 5.69 Å². The lowest BCUT2D eigenvalue weighted by atomic mass is 9.81. The normalized spacial score (nSPS) is 28.4. The van der Waals surface area contributed by atoms with Crippen molar-refractivity contribution in [3.05, 3.63) is 39.9 Å². The van der Waals surface area contributed by atoms with E-state index in [9.17, 15) is 29.3 Å². The van der Waals surface area contributed by atoms with Gasteiger partial charge >= 0.3 is 5.97 Å². The number of likely N-dealkylation sites (tertiary alicyclic amines) is 1. The van der Waals surface area contributed by atoms with Crippen LogP contribution in [0.5, 0.6) is 0 Å². The average Bonchev–Trinajstić information content (AvgIpc) is 3.39. The van der Waals surface area contributed by atoms with Crippen LogP contribution in [0, 0.1) is 33.8 Å². The zero-order valence-electron chi connectivity index (χ0n) is 15.8. The first-order valence-electron chi connectivity index (χ1n) is 9.60. The van der Waals surface area contributed by atoms with Gasteiger partial charge in [-0.25, -0.2) is 4.79 Å². The molecule has 1 saturated heterocycles. The van der Waals surface area contributed by atoms with Crippen molar-refractivity contribution in [3.8, 4) is 0 Å². The first-order chi connectivity index (χ1) is 13.8. The molecule has 2 bridgehead atoms. The fourth-order valence-corrected chi connectivity index (χ4v) is 5.05. The Hall–Kier alpha value is -3.10. The van der Waals surface area contributed by atoms with E-state index in [4.69, 9.17) is 4.74 Å². The van der Waals surface area contributed by atoms with Crippen molar-refractivity contribution < 1.29 is 28.8 Å². The number of ketones is 1. The van der Waals surface area contributed by atoms with Gasteiger partial charge in [-0.05, 0) is 38.0 Å². The summed E-state index contributed by atoms with van der Waals surface area (Å²) in [5.41, 5.74) is -0.205. The first kappa shape index (κ1) is 19.2. The molecule has 29 heavy (non-hydrogen) atoms. The molecule has 1 aromatic carbocycles. The van der Waals surface area contributed by atoms with E-state index >= 15 is 0 Å². The number of carbonyl (C=O) groups is 4. The SMILES string of the molecule is C[C@@H](C(=O)OCC(=O)c1cccc([N+](=O)[O-])c1)N1C(=O)[C@@H]2[C@@H]3CC[C@@H](C3)[C@@H]2C1=O. The number of nitro benzene ring substituents is 1. The third-order valence-corrected chi connectivity index (χ3v) is 6.41. The van der Waals surface area contributed by atoms with Gasteiger partial charge in [0.2, 0.25) is 17.6 Å². The van der Waals surface area contributed by atoms with Crippen molar-refractivity contribution in [2.75, 3.05) is 6.61 Å². The zero-order valence-corrected chi connectivity index (χ0v) is 15.8. The highest BCUT2D eigenvalue weighted by atomic mass is 16.6. The maximum absolute atomic E-state index is 12.8. The van der Waals surface area contributed by atoms with Gasteiger partial charge in [-0.2, -0.15) is 0 Å². The number of hydrogen-bond donors (Lipinski definition) is 0. The van der Waals surface area contributed by atoms with Crippen LogP contribution in [0.4, 0.5) is 5.69 Å². The molecule has 1 aromatic rings. The molecule has 2 aliphatic carbocycles. The van der Waals surface area contributed by atoms with Crippen molar-refractivity contribution >= 4 is 29.3 Å². The Morgan fingerprint density at radius 3 is 2.41 bits per heavy atom. The van der Waals surface area contributed by atoms with E-state index < -0.39 is 29.3 Å². The van der Waals surface area contributed by atoms with Crippen LogP contribution in [-0.4, -0.2) is 46.0 Å². The van der Waals surface area contributed by atoms with Crippen LogP contribution in [-0.2, 0) is 19.1 Å². The largest absolute Gasteiger partial charge is 0.456 e. The molecular formula is C20H20N2O7. The number of nitro groups is 1.